The average molecular weight is 386 g/mol. The number of rotatable bonds is 4. The number of carbonyl (C=O) groups excluding carboxylic acids is 1. The second-order valence-corrected chi connectivity index (χ2v) is 6.92. The van der Waals surface area contributed by atoms with Gasteiger partial charge in [0.2, 0.25) is 5.89 Å². The monoisotopic (exact) mass is 386 g/mol. The van der Waals surface area contributed by atoms with E-state index in [0.717, 1.165) is 16.5 Å². The summed E-state index contributed by atoms with van der Waals surface area (Å²) in [5.74, 6) is 0.202. The van der Waals surface area contributed by atoms with Crippen LogP contribution in [0.4, 0.5) is 5.69 Å². The van der Waals surface area contributed by atoms with Crippen molar-refractivity contribution in [3.05, 3.63) is 65.2 Å². The normalized spacial score (nSPS) is 11.0. The van der Waals surface area contributed by atoms with Gasteiger partial charge < -0.3 is 9.73 Å². The number of anilines is 1. The molecule has 0 radical (unpaired) electrons. The van der Waals surface area contributed by atoms with Gasteiger partial charge in [-0.05, 0) is 41.8 Å². The molecule has 4 rings (SSSR count). The van der Waals surface area contributed by atoms with E-state index in [1.807, 2.05) is 19.9 Å². The Bertz CT molecular complexity index is 1260. The molecular formula is C21H18N6O2. The van der Waals surface area contributed by atoms with E-state index >= 15 is 0 Å². The maximum absolute atomic E-state index is 13.0. The summed E-state index contributed by atoms with van der Waals surface area (Å²) >= 11 is 0. The van der Waals surface area contributed by atoms with Gasteiger partial charge >= 0.3 is 6.01 Å². The van der Waals surface area contributed by atoms with Gasteiger partial charge in [0.15, 0.2) is 0 Å². The Hall–Kier alpha value is -3.99. The third-order valence-corrected chi connectivity index (χ3v) is 4.57. The fourth-order valence-corrected chi connectivity index (χ4v) is 3.30. The van der Waals surface area contributed by atoms with Gasteiger partial charge in [0, 0.05) is 23.6 Å². The molecule has 1 amide bonds. The molecule has 0 saturated carbocycles. The Morgan fingerprint density at radius 2 is 2.07 bits per heavy atom. The second kappa shape index (κ2) is 7.20. The first-order chi connectivity index (χ1) is 14.0. The highest BCUT2D eigenvalue weighted by molar-refractivity contribution is 6.06. The molecule has 0 bridgehead atoms. The number of amides is 1. The van der Waals surface area contributed by atoms with Gasteiger partial charge in [0.05, 0.1) is 23.3 Å². The number of carbonyl (C=O) groups is 1. The van der Waals surface area contributed by atoms with Crippen LogP contribution in [-0.2, 0) is 0 Å². The first kappa shape index (κ1) is 18.4. The molecule has 2 aromatic carbocycles. The SMILES string of the molecule is Cc1nnc(-n2ncc3ccc(NC(=O)c4cccc(C#N)c4C(C)C)cc32)o1. The van der Waals surface area contributed by atoms with Gasteiger partial charge in [0.25, 0.3) is 5.91 Å². The Balaban J connectivity index is 1.70. The Kier molecular flexibility index (Phi) is 4.56. The van der Waals surface area contributed by atoms with Crippen molar-refractivity contribution in [1.82, 2.24) is 20.0 Å². The van der Waals surface area contributed by atoms with Crippen molar-refractivity contribution in [3.63, 3.8) is 0 Å². The topological polar surface area (TPSA) is 110 Å². The maximum Gasteiger partial charge on any atom is 0.344 e. The van der Waals surface area contributed by atoms with Crippen molar-refractivity contribution in [2.45, 2.75) is 26.7 Å². The predicted molar refractivity (Wildman–Crippen MR) is 107 cm³/mol. The first-order valence-corrected chi connectivity index (χ1v) is 9.10. The zero-order valence-electron chi connectivity index (χ0n) is 16.2. The molecule has 2 heterocycles. The van der Waals surface area contributed by atoms with Crippen molar-refractivity contribution < 1.29 is 9.21 Å². The molecule has 144 valence electrons. The number of nitrogens with zero attached hydrogens (tertiary/aromatic N) is 5. The molecular weight excluding hydrogens is 368 g/mol. The van der Waals surface area contributed by atoms with E-state index < -0.39 is 0 Å². The van der Waals surface area contributed by atoms with E-state index in [4.69, 9.17) is 4.42 Å². The standard InChI is InChI=1S/C21H18N6O2/c1-12(2)19-14(10-22)5-4-6-17(19)20(28)24-16-8-7-15-11-23-27(18(15)9-16)21-26-25-13(3)29-21/h4-9,11-12H,1-3H3,(H,24,28). The van der Waals surface area contributed by atoms with Crippen molar-refractivity contribution in [1.29, 1.82) is 5.26 Å². The summed E-state index contributed by atoms with van der Waals surface area (Å²) in [5.41, 5.74) is 3.05. The van der Waals surface area contributed by atoms with E-state index in [0.29, 0.717) is 22.7 Å². The first-order valence-electron chi connectivity index (χ1n) is 9.10. The number of aryl methyl sites for hydroxylation is 1. The van der Waals surface area contributed by atoms with E-state index in [1.165, 1.54) is 4.68 Å². The average Bonchev–Trinajstić information content (AvgIpc) is 3.32. The van der Waals surface area contributed by atoms with Gasteiger partial charge in [-0.2, -0.15) is 15.0 Å². The third kappa shape index (κ3) is 3.34. The van der Waals surface area contributed by atoms with Crippen LogP contribution in [0.25, 0.3) is 16.9 Å². The van der Waals surface area contributed by atoms with E-state index in [2.05, 4.69) is 26.7 Å². The van der Waals surface area contributed by atoms with Gasteiger partial charge in [-0.25, -0.2) is 0 Å². The summed E-state index contributed by atoms with van der Waals surface area (Å²) in [4.78, 5) is 13.0. The lowest BCUT2D eigenvalue weighted by Gasteiger charge is -2.14. The fourth-order valence-electron chi connectivity index (χ4n) is 3.30. The van der Waals surface area contributed by atoms with Crippen LogP contribution in [0.3, 0.4) is 0 Å². The minimum Gasteiger partial charge on any atom is -0.407 e. The van der Waals surface area contributed by atoms with Crippen LogP contribution >= 0.6 is 0 Å². The van der Waals surface area contributed by atoms with Gasteiger partial charge in [-0.15, -0.1) is 5.10 Å². The molecule has 0 aliphatic carbocycles. The number of nitriles is 1. The minimum absolute atomic E-state index is 0.0382. The molecule has 0 aliphatic heterocycles. The molecule has 0 spiro atoms. The molecule has 4 aromatic rings. The number of nitrogens with one attached hydrogen (secondary N) is 1. The Morgan fingerprint density at radius 3 is 2.76 bits per heavy atom. The molecule has 29 heavy (non-hydrogen) atoms. The lowest BCUT2D eigenvalue weighted by Crippen LogP contribution is -2.16. The fraction of sp³-hybridized carbons (Fsp3) is 0.190. The quantitative estimate of drug-likeness (QED) is 0.568. The van der Waals surface area contributed by atoms with Crippen LogP contribution in [-0.4, -0.2) is 25.9 Å². The van der Waals surface area contributed by atoms with Crippen LogP contribution < -0.4 is 5.32 Å². The third-order valence-electron chi connectivity index (χ3n) is 4.57. The molecule has 8 heteroatoms. The summed E-state index contributed by atoms with van der Waals surface area (Å²) in [6.45, 7) is 5.63. The molecule has 2 aromatic heterocycles. The van der Waals surface area contributed by atoms with E-state index in [1.54, 1.807) is 43.5 Å². The number of fused-ring (bicyclic) bond motifs is 1. The van der Waals surface area contributed by atoms with E-state index in [-0.39, 0.29) is 17.8 Å². The lowest BCUT2D eigenvalue weighted by molar-refractivity contribution is 0.102. The highest BCUT2D eigenvalue weighted by Gasteiger charge is 2.18. The van der Waals surface area contributed by atoms with Crippen molar-refractivity contribution in [2.75, 3.05) is 5.32 Å². The number of aromatic nitrogens is 4. The Morgan fingerprint density at radius 1 is 1.24 bits per heavy atom. The predicted octanol–water partition coefficient (Wildman–Crippen LogP) is 3.96. The summed E-state index contributed by atoms with van der Waals surface area (Å²) in [6, 6.07) is 13.0. The van der Waals surface area contributed by atoms with Crippen molar-refractivity contribution in [3.8, 4) is 12.1 Å². The molecule has 0 saturated heterocycles. The van der Waals surface area contributed by atoms with Gasteiger partial charge in [0.1, 0.15) is 0 Å². The Labute approximate surface area is 166 Å². The molecule has 0 aliphatic rings. The molecule has 1 N–H and O–H groups in total. The van der Waals surface area contributed by atoms with Gasteiger partial charge in [-0.3, -0.25) is 4.79 Å². The molecule has 0 fully saturated rings. The van der Waals surface area contributed by atoms with Gasteiger partial charge in [-0.1, -0.05) is 25.0 Å². The van der Waals surface area contributed by atoms with Crippen LogP contribution in [0.15, 0.2) is 47.0 Å². The zero-order chi connectivity index (χ0) is 20.5. The lowest BCUT2D eigenvalue weighted by atomic mass is 9.92. The smallest absolute Gasteiger partial charge is 0.344 e. The summed E-state index contributed by atoms with van der Waals surface area (Å²) < 4.78 is 6.98. The maximum atomic E-state index is 13.0. The number of hydrogen-bond donors (Lipinski definition) is 1. The largest absolute Gasteiger partial charge is 0.407 e. The van der Waals surface area contributed by atoms with Crippen molar-refractivity contribution >= 4 is 22.5 Å². The number of benzene rings is 2. The summed E-state index contributed by atoms with van der Waals surface area (Å²) in [7, 11) is 0. The van der Waals surface area contributed by atoms with Crippen molar-refractivity contribution in [2.24, 2.45) is 0 Å². The van der Waals surface area contributed by atoms with E-state index in [9.17, 15) is 10.1 Å². The van der Waals surface area contributed by atoms with Crippen LogP contribution in [0.2, 0.25) is 0 Å². The van der Waals surface area contributed by atoms with Crippen LogP contribution in [0.1, 0.15) is 47.1 Å². The highest BCUT2D eigenvalue weighted by Crippen LogP contribution is 2.26. The summed E-state index contributed by atoms with van der Waals surface area (Å²) in [6.07, 6.45) is 1.69. The molecule has 8 nitrogen and oxygen atoms in total. The molecule has 0 unspecified atom stereocenters. The second-order valence-electron chi connectivity index (χ2n) is 6.92. The highest BCUT2D eigenvalue weighted by atomic mass is 16.4. The summed E-state index contributed by atoms with van der Waals surface area (Å²) in [5, 5.41) is 25.3. The number of hydrogen-bond acceptors (Lipinski definition) is 6. The van der Waals surface area contributed by atoms with Crippen LogP contribution in [0.5, 0.6) is 0 Å². The minimum atomic E-state index is -0.273. The zero-order valence-corrected chi connectivity index (χ0v) is 16.2. The van der Waals surface area contributed by atoms with Crippen LogP contribution in [0, 0.1) is 18.3 Å². The molecule has 0 atom stereocenters.